The number of nitrogens with zero attached hydrogens (tertiary/aromatic N) is 1. The molecule has 1 saturated heterocycles. The van der Waals surface area contributed by atoms with Crippen LogP contribution in [0.25, 0.3) is 0 Å². The van der Waals surface area contributed by atoms with Gasteiger partial charge in [0.15, 0.2) is 0 Å². The molecular weight excluding hydrogens is 312 g/mol. The number of nitrogens with one attached hydrogen (secondary N) is 1. The molecule has 4 aliphatic rings. The number of likely N-dealkylation sites (tertiary alicyclic amines) is 1. The fourth-order valence-electron chi connectivity index (χ4n) is 5.36. The van der Waals surface area contributed by atoms with Gasteiger partial charge < -0.3 is 10.2 Å². The van der Waals surface area contributed by atoms with Crippen molar-refractivity contribution in [3.05, 3.63) is 0 Å². The lowest BCUT2D eigenvalue weighted by Gasteiger charge is -2.74. The van der Waals surface area contributed by atoms with Gasteiger partial charge in [0.2, 0.25) is 11.8 Å². The maximum Gasteiger partial charge on any atom is 0.226 e. The maximum absolute atomic E-state index is 12.7. The van der Waals surface area contributed by atoms with Crippen molar-refractivity contribution < 1.29 is 9.59 Å². The van der Waals surface area contributed by atoms with Gasteiger partial charge in [-0.2, -0.15) is 0 Å². The van der Waals surface area contributed by atoms with Crippen LogP contribution in [0.4, 0.5) is 0 Å². The van der Waals surface area contributed by atoms with E-state index in [2.05, 4.69) is 39.9 Å². The van der Waals surface area contributed by atoms with E-state index in [1.807, 2.05) is 4.90 Å². The van der Waals surface area contributed by atoms with Crippen LogP contribution in [0.2, 0.25) is 0 Å². The van der Waals surface area contributed by atoms with E-state index in [-0.39, 0.29) is 17.2 Å². The van der Waals surface area contributed by atoms with Gasteiger partial charge in [0.05, 0.1) is 5.41 Å². The highest BCUT2D eigenvalue weighted by atomic mass is 16.2. The van der Waals surface area contributed by atoms with Gasteiger partial charge >= 0.3 is 0 Å². The number of unbranched alkanes of at least 4 members (excludes halogenated alkanes) is 1. The van der Waals surface area contributed by atoms with E-state index < -0.39 is 0 Å². The van der Waals surface area contributed by atoms with Gasteiger partial charge in [-0.1, -0.05) is 34.1 Å². The van der Waals surface area contributed by atoms with Gasteiger partial charge in [0, 0.05) is 25.6 Å². The highest BCUT2D eigenvalue weighted by Crippen LogP contribution is 2.79. The molecular formula is C21H36N2O2. The summed E-state index contributed by atoms with van der Waals surface area (Å²) in [5, 5.41) is 3.22. The molecule has 0 aromatic heterocycles. The Morgan fingerprint density at radius 3 is 2.40 bits per heavy atom. The van der Waals surface area contributed by atoms with Crippen molar-refractivity contribution in [2.75, 3.05) is 13.1 Å². The van der Waals surface area contributed by atoms with Gasteiger partial charge in [-0.25, -0.2) is 0 Å². The summed E-state index contributed by atoms with van der Waals surface area (Å²) in [5.74, 6) is 0.963. The van der Waals surface area contributed by atoms with Crippen LogP contribution in [0.15, 0.2) is 0 Å². The molecule has 1 aliphatic heterocycles. The minimum atomic E-state index is -0.0614. The fourth-order valence-corrected chi connectivity index (χ4v) is 5.36. The van der Waals surface area contributed by atoms with E-state index >= 15 is 0 Å². The molecule has 0 radical (unpaired) electrons. The number of carbonyl (C=O) groups excluding carboxylic acids is 2. The van der Waals surface area contributed by atoms with Gasteiger partial charge in [-0.3, -0.25) is 9.59 Å². The molecule has 0 aromatic carbocycles. The molecule has 0 aromatic rings. The maximum atomic E-state index is 12.7. The molecule has 3 saturated carbocycles. The minimum Gasteiger partial charge on any atom is -0.355 e. The number of hydrogen-bond acceptors (Lipinski definition) is 2. The van der Waals surface area contributed by atoms with Crippen molar-refractivity contribution in [3.63, 3.8) is 0 Å². The van der Waals surface area contributed by atoms with E-state index in [1.54, 1.807) is 0 Å². The third-order valence-electron chi connectivity index (χ3n) is 7.38. The summed E-state index contributed by atoms with van der Waals surface area (Å²) in [6.07, 6.45) is 6.91. The number of hydrogen-bond donors (Lipinski definition) is 1. The van der Waals surface area contributed by atoms with E-state index in [0.717, 1.165) is 51.6 Å². The molecule has 142 valence electrons. The van der Waals surface area contributed by atoms with Crippen LogP contribution in [0, 0.1) is 22.2 Å². The lowest BCUT2D eigenvalue weighted by Crippen LogP contribution is -2.71. The Morgan fingerprint density at radius 1 is 1.20 bits per heavy atom. The largest absolute Gasteiger partial charge is 0.355 e. The van der Waals surface area contributed by atoms with Crippen molar-refractivity contribution in [1.82, 2.24) is 10.2 Å². The van der Waals surface area contributed by atoms with Crippen molar-refractivity contribution in [2.45, 2.75) is 85.6 Å². The Balaban J connectivity index is 1.43. The lowest BCUT2D eigenvalue weighted by molar-refractivity contribution is -0.248. The summed E-state index contributed by atoms with van der Waals surface area (Å²) < 4.78 is 0. The highest BCUT2D eigenvalue weighted by Gasteiger charge is 2.74. The molecule has 4 heteroatoms. The topological polar surface area (TPSA) is 49.4 Å². The molecule has 2 amide bonds. The third-order valence-corrected chi connectivity index (χ3v) is 7.38. The van der Waals surface area contributed by atoms with Crippen LogP contribution in [-0.4, -0.2) is 35.8 Å². The quantitative estimate of drug-likeness (QED) is 0.795. The average molecular weight is 349 g/mol. The molecule has 1 N–H and O–H groups in total. The third kappa shape index (κ3) is 3.10. The van der Waals surface area contributed by atoms with Crippen molar-refractivity contribution >= 4 is 11.8 Å². The Kier molecular flexibility index (Phi) is 4.70. The van der Waals surface area contributed by atoms with Gasteiger partial charge in [-0.05, 0) is 55.8 Å². The van der Waals surface area contributed by atoms with Crippen LogP contribution >= 0.6 is 0 Å². The summed E-state index contributed by atoms with van der Waals surface area (Å²) in [7, 11) is 0. The molecule has 1 heterocycles. The molecule has 3 aliphatic carbocycles. The molecule has 2 bridgehead atoms. The molecule has 4 nitrogen and oxygen atoms in total. The smallest absolute Gasteiger partial charge is 0.226 e. The summed E-state index contributed by atoms with van der Waals surface area (Å²) in [5.41, 5.74) is 0.665. The van der Waals surface area contributed by atoms with Crippen LogP contribution in [-0.2, 0) is 9.59 Å². The molecule has 25 heavy (non-hydrogen) atoms. The second kappa shape index (κ2) is 6.28. The summed E-state index contributed by atoms with van der Waals surface area (Å²) in [6.45, 7) is 12.7. The standard InChI is InChI=1S/C21H36N2O2/c1-6-7-8-17(24)23-11-16(9-15(23)2)10-22-18(25)20-12-21(13-20,14-20)19(3,4)5/h15-16H,6-14H2,1-5H3,(H,22,25). The van der Waals surface area contributed by atoms with E-state index in [4.69, 9.17) is 0 Å². The molecule has 0 spiro atoms. The minimum absolute atomic E-state index is 0.0614. The second-order valence-corrected chi connectivity index (χ2v) is 10.2. The summed E-state index contributed by atoms with van der Waals surface area (Å²) >= 11 is 0. The zero-order valence-corrected chi connectivity index (χ0v) is 16.8. The van der Waals surface area contributed by atoms with E-state index in [0.29, 0.717) is 29.2 Å². The second-order valence-electron chi connectivity index (χ2n) is 10.2. The molecule has 4 fully saturated rings. The van der Waals surface area contributed by atoms with E-state index in [9.17, 15) is 9.59 Å². The highest BCUT2D eigenvalue weighted by molar-refractivity contribution is 5.86. The van der Waals surface area contributed by atoms with Crippen LogP contribution in [0.3, 0.4) is 0 Å². The zero-order valence-electron chi connectivity index (χ0n) is 16.8. The lowest BCUT2D eigenvalue weighted by atomic mass is 9.29. The predicted molar refractivity (Wildman–Crippen MR) is 100.0 cm³/mol. The predicted octanol–water partition coefficient (Wildman–Crippen LogP) is 3.75. The fraction of sp³-hybridized carbons (Fsp3) is 0.905. The normalized spacial score (nSPS) is 36.6. The van der Waals surface area contributed by atoms with Crippen LogP contribution in [0.5, 0.6) is 0 Å². The van der Waals surface area contributed by atoms with Gasteiger partial charge in [0.25, 0.3) is 0 Å². The van der Waals surface area contributed by atoms with Crippen molar-refractivity contribution in [1.29, 1.82) is 0 Å². The first kappa shape index (κ1) is 18.7. The number of rotatable bonds is 6. The number of amides is 2. The summed E-state index contributed by atoms with van der Waals surface area (Å²) in [4.78, 5) is 27.0. The Hall–Kier alpha value is -1.06. The number of carbonyl (C=O) groups is 2. The molecule has 4 rings (SSSR count). The molecule has 2 atom stereocenters. The first-order chi connectivity index (χ1) is 11.6. The Labute approximate surface area is 153 Å². The Morgan fingerprint density at radius 2 is 1.84 bits per heavy atom. The van der Waals surface area contributed by atoms with E-state index in [1.165, 1.54) is 0 Å². The Bertz CT molecular complexity index is 529. The average Bonchev–Trinajstić information content (AvgIpc) is 2.79. The van der Waals surface area contributed by atoms with Gasteiger partial charge in [-0.15, -0.1) is 0 Å². The van der Waals surface area contributed by atoms with Crippen molar-refractivity contribution in [3.8, 4) is 0 Å². The van der Waals surface area contributed by atoms with Gasteiger partial charge in [0.1, 0.15) is 0 Å². The zero-order chi connectivity index (χ0) is 18.5. The monoisotopic (exact) mass is 348 g/mol. The SMILES string of the molecule is CCCCC(=O)N1CC(CNC(=O)C23CC(C(C)(C)C)(C2)C3)CC1C. The van der Waals surface area contributed by atoms with Crippen LogP contribution < -0.4 is 5.32 Å². The summed E-state index contributed by atoms with van der Waals surface area (Å²) in [6, 6.07) is 0.311. The van der Waals surface area contributed by atoms with Crippen LogP contribution in [0.1, 0.15) is 79.6 Å². The molecule has 2 unspecified atom stereocenters. The first-order valence-corrected chi connectivity index (χ1v) is 10.2. The first-order valence-electron chi connectivity index (χ1n) is 10.2. The van der Waals surface area contributed by atoms with Crippen molar-refractivity contribution in [2.24, 2.45) is 22.2 Å².